The van der Waals surface area contributed by atoms with Crippen LogP contribution in [0.15, 0.2) is 60.9 Å². The van der Waals surface area contributed by atoms with Crippen LogP contribution < -0.4 is 10.2 Å². The maximum Gasteiger partial charge on any atom is 0.230 e. The van der Waals surface area contributed by atoms with Gasteiger partial charge >= 0.3 is 0 Å². The van der Waals surface area contributed by atoms with Crippen LogP contribution in [0.2, 0.25) is 0 Å². The van der Waals surface area contributed by atoms with Crippen molar-refractivity contribution in [2.75, 3.05) is 10.2 Å². The summed E-state index contributed by atoms with van der Waals surface area (Å²) in [4.78, 5) is 24.6. The van der Waals surface area contributed by atoms with Gasteiger partial charge in [0.2, 0.25) is 5.91 Å². The highest BCUT2D eigenvalue weighted by Gasteiger charge is 2.31. The molecule has 2 aliphatic rings. The average molecular weight is 370 g/mol. The molecule has 0 saturated carbocycles. The van der Waals surface area contributed by atoms with Crippen molar-refractivity contribution < 1.29 is 4.79 Å². The first kappa shape index (κ1) is 16.9. The number of para-hydroxylation sites is 2. The molecule has 3 heterocycles. The lowest BCUT2D eigenvalue weighted by atomic mass is 9.95. The van der Waals surface area contributed by atoms with Gasteiger partial charge in [-0.1, -0.05) is 24.3 Å². The monoisotopic (exact) mass is 370 g/mol. The van der Waals surface area contributed by atoms with E-state index in [0.717, 1.165) is 54.1 Å². The smallest absolute Gasteiger partial charge is 0.230 e. The number of aryl methyl sites for hydroxylation is 1. The van der Waals surface area contributed by atoms with Crippen molar-refractivity contribution in [3.63, 3.8) is 0 Å². The second-order valence-electron chi connectivity index (χ2n) is 7.48. The number of pyridine rings is 2. The lowest BCUT2D eigenvalue weighted by Crippen LogP contribution is -2.36. The molecule has 1 N–H and O–H groups in total. The molecule has 1 aliphatic heterocycles. The topological polar surface area (TPSA) is 58.1 Å². The number of aromatic nitrogens is 2. The second-order valence-corrected chi connectivity index (χ2v) is 7.48. The van der Waals surface area contributed by atoms with Crippen LogP contribution in [0.5, 0.6) is 0 Å². The van der Waals surface area contributed by atoms with Gasteiger partial charge in [0.15, 0.2) is 0 Å². The van der Waals surface area contributed by atoms with Crippen LogP contribution in [0, 0.1) is 5.92 Å². The molecule has 2 aromatic heterocycles. The number of carbonyl (C=O) groups is 1. The molecule has 28 heavy (non-hydrogen) atoms. The quantitative estimate of drug-likeness (QED) is 0.650. The number of anilines is 3. The second kappa shape index (κ2) is 7.08. The summed E-state index contributed by atoms with van der Waals surface area (Å²) in [6, 6.07) is 16.0. The van der Waals surface area contributed by atoms with Crippen LogP contribution >= 0.6 is 0 Å². The molecule has 0 radical (unpaired) electrons. The van der Waals surface area contributed by atoms with Gasteiger partial charge < -0.3 is 10.2 Å². The van der Waals surface area contributed by atoms with E-state index in [-0.39, 0.29) is 11.8 Å². The van der Waals surface area contributed by atoms with Crippen LogP contribution in [0.1, 0.15) is 29.7 Å². The summed E-state index contributed by atoms with van der Waals surface area (Å²) >= 11 is 0. The van der Waals surface area contributed by atoms with Crippen molar-refractivity contribution in [1.82, 2.24) is 9.97 Å². The van der Waals surface area contributed by atoms with Gasteiger partial charge in [-0.05, 0) is 55.5 Å². The van der Waals surface area contributed by atoms with Crippen molar-refractivity contribution in [3.05, 3.63) is 77.7 Å². The predicted molar refractivity (Wildman–Crippen MR) is 110 cm³/mol. The molecular formula is C23H22N4O. The van der Waals surface area contributed by atoms with Crippen LogP contribution in [0.4, 0.5) is 17.2 Å². The summed E-state index contributed by atoms with van der Waals surface area (Å²) < 4.78 is 0. The molecule has 0 bridgehead atoms. The molecule has 1 amide bonds. The molecule has 5 heteroatoms. The van der Waals surface area contributed by atoms with Gasteiger partial charge in [0.25, 0.3) is 0 Å². The van der Waals surface area contributed by atoms with E-state index in [4.69, 9.17) is 0 Å². The van der Waals surface area contributed by atoms with E-state index >= 15 is 0 Å². The van der Waals surface area contributed by atoms with E-state index in [1.807, 2.05) is 53.6 Å². The molecule has 1 aromatic carbocycles. The number of carbonyl (C=O) groups excluding carboxylic acids is 1. The van der Waals surface area contributed by atoms with E-state index in [1.165, 1.54) is 5.56 Å². The highest BCUT2D eigenvalue weighted by Crippen LogP contribution is 2.36. The van der Waals surface area contributed by atoms with Crippen LogP contribution in [-0.4, -0.2) is 15.9 Å². The summed E-state index contributed by atoms with van der Waals surface area (Å²) in [5, 5.41) is 3.40. The Morgan fingerprint density at radius 1 is 1.00 bits per heavy atom. The zero-order valence-corrected chi connectivity index (χ0v) is 15.6. The van der Waals surface area contributed by atoms with Crippen molar-refractivity contribution in [1.29, 1.82) is 0 Å². The number of nitrogens with one attached hydrogen (secondary N) is 1. The van der Waals surface area contributed by atoms with E-state index in [2.05, 4.69) is 21.4 Å². The highest BCUT2D eigenvalue weighted by molar-refractivity contribution is 5.99. The zero-order chi connectivity index (χ0) is 18.9. The Kier molecular flexibility index (Phi) is 4.28. The minimum absolute atomic E-state index is 0.0308. The van der Waals surface area contributed by atoms with Crippen molar-refractivity contribution >= 4 is 23.1 Å². The Balaban J connectivity index is 1.52. The summed E-state index contributed by atoms with van der Waals surface area (Å²) in [6.45, 7) is 0.530. The molecule has 5 nitrogen and oxygen atoms in total. The molecule has 0 saturated heterocycles. The van der Waals surface area contributed by atoms with Crippen LogP contribution in [-0.2, 0) is 24.2 Å². The molecule has 5 rings (SSSR count). The molecule has 1 atom stereocenters. The van der Waals surface area contributed by atoms with Gasteiger partial charge in [-0.2, -0.15) is 0 Å². The van der Waals surface area contributed by atoms with E-state index in [1.54, 1.807) is 6.20 Å². The van der Waals surface area contributed by atoms with Crippen LogP contribution in [0.25, 0.3) is 0 Å². The summed E-state index contributed by atoms with van der Waals surface area (Å²) in [5.74, 6) is 0.972. The molecule has 0 fully saturated rings. The molecule has 0 unspecified atom stereocenters. The first-order valence-corrected chi connectivity index (χ1v) is 9.84. The Hall–Kier alpha value is -3.21. The van der Waals surface area contributed by atoms with Crippen molar-refractivity contribution in [3.8, 4) is 0 Å². The number of benzene rings is 1. The zero-order valence-electron chi connectivity index (χ0n) is 15.6. The number of rotatable bonds is 1. The third-order valence-corrected chi connectivity index (χ3v) is 5.70. The van der Waals surface area contributed by atoms with Crippen molar-refractivity contribution in [2.45, 2.75) is 32.2 Å². The Labute approximate surface area is 164 Å². The molecule has 1 aliphatic carbocycles. The third kappa shape index (κ3) is 3.03. The standard InChI is InChI=1S/C23H22N4O/c28-23(17-6-3-10-19-16(14-17)7-4-12-24-19)27-15-18-8-5-13-25-22(18)26-20-9-1-2-11-21(20)27/h1-2,4-5,7-9,11-13,17H,3,6,10,14-15H2,(H,25,26)/t17-/m0/s1. The number of amides is 1. The fourth-order valence-corrected chi connectivity index (χ4v) is 4.27. The lowest BCUT2D eigenvalue weighted by Gasteiger charge is -2.27. The molecular weight excluding hydrogens is 348 g/mol. The number of hydrogen-bond donors (Lipinski definition) is 1. The number of fused-ring (bicyclic) bond motifs is 3. The average Bonchev–Trinajstić information content (AvgIpc) is 3.05. The summed E-state index contributed by atoms with van der Waals surface area (Å²) in [6.07, 6.45) is 7.22. The van der Waals surface area contributed by atoms with Gasteiger partial charge in [-0.15, -0.1) is 0 Å². The van der Waals surface area contributed by atoms with E-state index in [9.17, 15) is 4.79 Å². The van der Waals surface area contributed by atoms with Gasteiger partial charge in [0, 0.05) is 29.6 Å². The lowest BCUT2D eigenvalue weighted by molar-refractivity contribution is -0.122. The van der Waals surface area contributed by atoms with Crippen molar-refractivity contribution in [2.24, 2.45) is 5.92 Å². The number of nitrogens with zero attached hydrogens (tertiary/aromatic N) is 3. The minimum atomic E-state index is -0.0308. The van der Waals surface area contributed by atoms with Gasteiger partial charge in [0.1, 0.15) is 5.82 Å². The Morgan fingerprint density at radius 2 is 1.82 bits per heavy atom. The maximum atomic E-state index is 13.7. The predicted octanol–water partition coefficient (Wildman–Crippen LogP) is 4.26. The Morgan fingerprint density at radius 3 is 2.75 bits per heavy atom. The van der Waals surface area contributed by atoms with Gasteiger partial charge in [-0.25, -0.2) is 4.98 Å². The normalized spacial score (nSPS) is 18.0. The summed E-state index contributed by atoms with van der Waals surface area (Å²) in [5.41, 5.74) is 5.22. The number of hydrogen-bond acceptors (Lipinski definition) is 4. The highest BCUT2D eigenvalue weighted by atomic mass is 16.2. The molecule has 0 spiro atoms. The fraction of sp³-hybridized carbons (Fsp3) is 0.261. The van der Waals surface area contributed by atoms with E-state index in [0.29, 0.717) is 6.54 Å². The first-order valence-electron chi connectivity index (χ1n) is 9.84. The first-order chi connectivity index (χ1) is 13.8. The van der Waals surface area contributed by atoms with E-state index < -0.39 is 0 Å². The van der Waals surface area contributed by atoms with Gasteiger partial charge in [-0.3, -0.25) is 9.78 Å². The van der Waals surface area contributed by atoms with Crippen LogP contribution in [0.3, 0.4) is 0 Å². The summed E-state index contributed by atoms with van der Waals surface area (Å²) in [7, 11) is 0. The minimum Gasteiger partial charge on any atom is -0.338 e. The third-order valence-electron chi connectivity index (χ3n) is 5.70. The largest absolute Gasteiger partial charge is 0.338 e. The maximum absolute atomic E-state index is 13.7. The Bertz CT molecular complexity index is 1030. The molecule has 3 aromatic rings. The SMILES string of the molecule is O=C([C@H]1CCCc2ncccc2C1)N1Cc2cccnc2Nc2ccccc21. The fourth-order valence-electron chi connectivity index (χ4n) is 4.27. The van der Waals surface area contributed by atoms with Gasteiger partial charge in [0.05, 0.1) is 17.9 Å². The molecule has 140 valence electrons.